The molecule has 15 nitrogen and oxygen atoms in total. The second kappa shape index (κ2) is 20.3. The highest BCUT2D eigenvalue weighted by Crippen LogP contribution is 2.44. The molecule has 0 bridgehead atoms. The van der Waals surface area contributed by atoms with E-state index in [2.05, 4.69) is 26.6 Å². The van der Waals surface area contributed by atoms with E-state index >= 15 is 0 Å². The number of aliphatic hydroxyl groups is 1. The smallest absolute Gasteiger partial charge is 0.407 e. The van der Waals surface area contributed by atoms with E-state index in [0.717, 1.165) is 22.3 Å². The van der Waals surface area contributed by atoms with Gasteiger partial charge in [0.2, 0.25) is 17.7 Å². The van der Waals surface area contributed by atoms with Crippen molar-refractivity contribution in [2.24, 2.45) is 11.7 Å². The maximum absolute atomic E-state index is 13.9. The summed E-state index contributed by atoms with van der Waals surface area (Å²) in [5, 5.41) is 22.6. The predicted molar refractivity (Wildman–Crippen MR) is 214 cm³/mol. The van der Waals surface area contributed by atoms with Gasteiger partial charge in [-0.2, -0.15) is 0 Å². The lowest BCUT2D eigenvalue weighted by Crippen LogP contribution is -2.58. The summed E-state index contributed by atoms with van der Waals surface area (Å²) in [4.78, 5) is 78.4. The molecule has 0 fully saturated rings. The maximum atomic E-state index is 13.9. The lowest BCUT2D eigenvalue weighted by Gasteiger charge is -2.27. The van der Waals surface area contributed by atoms with Crippen LogP contribution in [0.5, 0.6) is 0 Å². The number of nitrogens with two attached hydrogens (primary N) is 1. The van der Waals surface area contributed by atoms with Gasteiger partial charge in [0.15, 0.2) is 0 Å². The number of carbonyl (C=O) groups excluding carboxylic acids is 6. The molecule has 0 saturated carbocycles. The normalized spacial score (nSPS) is 13.6. The number of amides is 6. The van der Waals surface area contributed by atoms with E-state index < -0.39 is 65.5 Å². The summed E-state index contributed by atoms with van der Waals surface area (Å²) >= 11 is 0. The Balaban J connectivity index is 1.47. The summed E-state index contributed by atoms with van der Waals surface area (Å²) in [5.74, 6) is -3.29. The molecule has 0 saturated heterocycles. The van der Waals surface area contributed by atoms with E-state index in [1.165, 1.54) is 0 Å². The molecule has 3 atom stereocenters. The molecule has 0 unspecified atom stereocenters. The number of hydrogen-bond acceptors (Lipinski definition) is 9. The van der Waals surface area contributed by atoms with Crippen LogP contribution >= 0.6 is 0 Å². The largest absolute Gasteiger partial charge is 0.460 e. The molecule has 0 spiro atoms. The van der Waals surface area contributed by atoms with Crippen molar-refractivity contribution in [1.29, 1.82) is 0 Å². The van der Waals surface area contributed by atoms with E-state index in [0.29, 0.717) is 11.3 Å². The van der Waals surface area contributed by atoms with Crippen LogP contribution in [-0.2, 0) is 35.3 Å². The van der Waals surface area contributed by atoms with Crippen molar-refractivity contribution in [2.75, 3.05) is 18.5 Å². The first-order valence-electron chi connectivity index (χ1n) is 19.0. The number of benzene rings is 3. The third kappa shape index (κ3) is 13.1. The van der Waals surface area contributed by atoms with Crippen molar-refractivity contribution in [3.8, 4) is 11.1 Å². The van der Waals surface area contributed by atoms with E-state index in [1.807, 2.05) is 48.5 Å². The van der Waals surface area contributed by atoms with Crippen LogP contribution in [0, 0.1) is 5.92 Å². The lowest BCUT2D eigenvalue weighted by molar-refractivity contribution is -0.155. The van der Waals surface area contributed by atoms with Crippen molar-refractivity contribution in [3.05, 3.63) is 89.5 Å². The van der Waals surface area contributed by atoms with Crippen molar-refractivity contribution in [1.82, 2.24) is 21.3 Å². The highest BCUT2D eigenvalue weighted by Gasteiger charge is 2.33. The van der Waals surface area contributed by atoms with Gasteiger partial charge in [0, 0.05) is 24.6 Å². The highest BCUT2D eigenvalue weighted by molar-refractivity contribution is 5.99. The average Bonchev–Trinajstić information content (AvgIpc) is 3.48. The van der Waals surface area contributed by atoms with Crippen LogP contribution in [0.15, 0.2) is 72.8 Å². The van der Waals surface area contributed by atoms with Gasteiger partial charge in [-0.05, 0) is 85.9 Å². The highest BCUT2D eigenvalue weighted by atomic mass is 16.6. The number of aliphatic hydroxyl groups excluding tert-OH is 1. The molecule has 1 aliphatic rings. The number of anilines is 1. The van der Waals surface area contributed by atoms with Gasteiger partial charge in [-0.1, -0.05) is 74.5 Å². The number of alkyl carbamates (subject to hydrolysis) is 1. The summed E-state index contributed by atoms with van der Waals surface area (Å²) in [6.45, 7) is 8.50. The van der Waals surface area contributed by atoms with E-state index in [-0.39, 0.29) is 51.4 Å². The second-order valence-electron chi connectivity index (χ2n) is 15.2. The molecule has 15 heteroatoms. The molecule has 0 heterocycles. The van der Waals surface area contributed by atoms with Crippen molar-refractivity contribution < 1.29 is 43.3 Å². The number of ether oxygens (including phenoxy) is 2. The minimum absolute atomic E-state index is 0.0126. The summed E-state index contributed by atoms with van der Waals surface area (Å²) in [6.07, 6.45) is -0.893. The molecular formula is C42H54N6O9. The van der Waals surface area contributed by atoms with Crippen molar-refractivity contribution in [2.45, 2.75) is 96.6 Å². The van der Waals surface area contributed by atoms with Crippen LogP contribution < -0.4 is 32.3 Å². The monoisotopic (exact) mass is 786 g/mol. The molecule has 306 valence electrons. The lowest BCUT2D eigenvalue weighted by atomic mass is 9.98. The quantitative estimate of drug-likeness (QED) is 0.0723. The number of nitrogens with one attached hydrogen (secondary N) is 5. The Hall–Kier alpha value is -5.96. The topological polar surface area (TPSA) is 227 Å². The van der Waals surface area contributed by atoms with Gasteiger partial charge in [-0.3, -0.25) is 19.2 Å². The first-order chi connectivity index (χ1) is 27.1. The standard InChI is InChI=1S/C42H54N6O9/c1-25(2)36(39(53)46-33(15-10-22-44-40(43)54)37(51)45-27-18-16-26(23-49)17-19-27)48-38(52)34(20-21-35(50)57-42(3,4)5)47-41(55)56-24-32-30-13-8-6-11-28(30)29-12-7-9-14-31(29)32/h6-9,11-14,16-19,25,32-34,36,49H,10,15,20-24H2,1-5H3,(H,45,51)(H,46,53)(H,47,55)(H,48,52)(H3,43,44,54)/t33-,34-,36-/m0/s1. The minimum Gasteiger partial charge on any atom is -0.460 e. The van der Waals surface area contributed by atoms with E-state index in [9.17, 15) is 33.9 Å². The Kier molecular flexibility index (Phi) is 15.6. The number of hydrogen-bond donors (Lipinski definition) is 7. The number of primary amides is 1. The third-order valence-electron chi connectivity index (χ3n) is 9.26. The van der Waals surface area contributed by atoms with Gasteiger partial charge < -0.3 is 46.9 Å². The first-order valence-corrected chi connectivity index (χ1v) is 19.0. The van der Waals surface area contributed by atoms with Gasteiger partial charge in [-0.15, -0.1) is 0 Å². The van der Waals surface area contributed by atoms with E-state index in [1.54, 1.807) is 58.9 Å². The summed E-state index contributed by atoms with van der Waals surface area (Å²) in [5.41, 5.74) is 9.58. The molecule has 3 aromatic rings. The predicted octanol–water partition coefficient (Wildman–Crippen LogP) is 4.22. The van der Waals surface area contributed by atoms with Crippen molar-refractivity contribution in [3.63, 3.8) is 0 Å². The van der Waals surface area contributed by atoms with Crippen LogP contribution in [0.2, 0.25) is 0 Å². The van der Waals surface area contributed by atoms with E-state index in [4.69, 9.17) is 15.2 Å². The Bertz CT molecular complexity index is 1850. The van der Waals surface area contributed by atoms with Crippen molar-refractivity contribution >= 4 is 41.5 Å². The van der Waals surface area contributed by atoms with Crippen LogP contribution in [0.4, 0.5) is 15.3 Å². The Morgan fingerprint density at radius 1 is 0.772 bits per heavy atom. The van der Waals surface area contributed by atoms with Gasteiger partial charge in [0.25, 0.3) is 0 Å². The molecule has 57 heavy (non-hydrogen) atoms. The number of esters is 1. The van der Waals surface area contributed by atoms with Crippen LogP contribution in [-0.4, -0.2) is 77.8 Å². The summed E-state index contributed by atoms with van der Waals surface area (Å²) in [7, 11) is 0. The molecule has 0 aromatic heterocycles. The molecule has 0 aliphatic heterocycles. The zero-order chi connectivity index (χ0) is 41.7. The molecular weight excluding hydrogens is 732 g/mol. The van der Waals surface area contributed by atoms with Crippen LogP contribution in [0.25, 0.3) is 11.1 Å². The number of carbonyl (C=O) groups is 6. The fourth-order valence-electron chi connectivity index (χ4n) is 6.47. The van der Waals surface area contributed by atoms with Gasteiger partial charge >= 0.3 is 18.1 Å². The van der Waals surface area contributed by atoms with Gasteiger partial charge in [0.05, 0.1) is 6.61 Å². The summed E-state index contributed by atoms with van der Waals surface area (Å²) < 4.78 is 11.1. The maximum Gasteiger partial charge on any atom is 0.407 e. The second-order valence-corrected chi connectivity index (χ2v) is 15.2. The number of rotatable bonds is 18. The molecule has 4 rings (SSSR count). The third-order valence-corrected chi connectivity index (χ3v) is 9.26. The molecule has 6 amide bonds. The van der Waals surface area contributed by atoms with Crippen LogP contribution in [0.1, 0.15) is 82.9 Å². The Labute approximate surface area is 332 Å². The van der Waals surface area contributed by atoms with Gasteiger partial charge in [0.1, 0.15) is 30.3 Å². The number of urea groups is 1. The zero-order valence-electron chi connectivity index (χ0n) is 33.1. The van der Waals surface area contributed by atoms with Gasteiger partial charge in [-0.25, -0.2) is 9.59 Å². The number of fused-ring (bicyclic) bond motifs is 3. The fraction of sp³-hybridized carbons (Fsp3) is 0.429. The Morgan fingerprint density at radius 2 is 1.37 bits per heavy atom. The Morgan fingerprint density at radius 3 is 1.93 bits per heavy atom. The summed E-state index contributed by atoms with van der Waals surface area (Å²) in [6, 6.07) is 17.9. The molecule has 1 aliphatic carbocycles. The fourth-order valence-corrected chi connectivity index (χ4v) is 6.47. The SMILES string of the molecule is CC(C)[C@H](NC(=O)[C@H](CCC(=O)OC(C)(C)C)NC(=O)OCC1c2ccccc2-c2ccccc21)C(=O)N[C@@H](CCCNC(N)=O)C(=O)Nc1ccc(CO)cc1. The molecule has 3 aromatic carbocycles. The molecule has 8 N–H and O–H groups in total. The first kappa shape index (κ1) is 43.8. The van der Waals surface area contributed by atoms with Crippen LogP contribution in [0.3, 0.4) is 0 Å². The minimum atomic E-state index is -1.30. The zero-order valence-corrected chi connectivity index (χ0v) is 33.1. The average molecular weight is 787 g/mol. The molecule has 0 radical (unpaired) electrons.